The minimum Gasteiger partial charge on any atom is -0.411 e. The minimum absolute atomic E-state index is 0.0711. The van der Waals surface area contributed by atoms with E-state index >= 15 is 0 Å². The van der Waals surface area contributed by atoms with Crippen LogP contribution >= 0.6 is 15.9 Å². The smallest absolute Gasteiger partial charge is 0.182 e. The lowest BCUT2D eigenvalue weighted by atomic mass is 9.95. The summed E-state index contributed by atoms with van der Waals surface area (Å²) in [5, 5.41) is 15.9. The highest BCUT2D eigenvalue weighted by atomic mass is 79.9. The molecule has 0 amide bonds. The summed E-state index contributed by atoms with van der Waals surface area (Å²) < 4.78 is 29.5. The first kappa shape index (κ1) is 21.4. The quantitative estimate of drug-likeness (QED) is 0.275. The lowest BCUT2D eigenvalue weighted by Gasteiger charge is -2.11. The van der Waals surface area contributed by atoms with Crippen molar-refractivity contribution in [3.8, 4) is 0 Å². The number of benzene rings is 2. The van der Waals surface area contributed by atoms with Crippen molar-refractivity contribution in [2.24, 2.45) is 10.1 Å². The molecule has 1 heterocycles. The second-order valence-corrected chi connectivity index (χ2v) is 8.13. The zero-order valence-corrected chi connectivity index (χ0v) is 17.9. The molecular formula is C21H23BrF2N4O. The number of aliphatic imine (C=N–C) groups is 1. The zero-order valence-electron chi connectivity index (χ0n) is 16.3. The van der Waals surface area contributed by atoms with Crippen LogP contribution in [0.15, 0.2) is 45.0 Å². The fourth-order valence-corrected chi connectivity index (χ4v) is 3.76. The normalized spacial score (nSPS) is 15.1. The third-order valence-electron chi connectivity index (χ3n) is 4.70. The van der Waals surface area contributed by atoms with Crippen LogP contribution in [0.2, 0.25) is 0 Å². The van der Waals surface area contributed by atoms with Crippen molar-refractivity contribution < 1.29 is 14.0 Å². The first-order chi connectivity index (χ1) is 13.9. The number of nitrogens with one attached hydrogen (secondary N) is 1. The molecule has 0 bridgehead atoms. The maximum absolute atomic E-state index is 14.4. The molecule has 0 saturated heterocycles. The van der Waals surface area contributed by atoms with E-state index in [1.54, 1.807) is 0 Å². The Morgan fingerprint density at radius 3 is 2.76 bits per heavy atom. The number of halogens is 3. The van der Waals surface area contributed by atoms with E-state index in [1.165, 1.54) is 0 Å². The number of anilines is 1. The molecule has 0 fully saturated rings. The van der Waals surface area contributed by atoms with Crippen LogP contribution in [-0.4, -0.2) is 48.8 Å². The van der Waals surface area contributed by atoms with Crippen LogP contribution < -0.4 is 5.32 Å². The predicted octanol–water partition coefficient (Wildman–Crippen LogP) is 4.47. The van der Waals surface area contributed by atoms with Gasteiger partial charge in [0, 0.05) is 29.4 Å². The summed E-state index contributed by atoms with van der Waals surface area (Å²) in [4.78, 5) is 6.55. The second kappa shape index (κ2) is 9.45. The molecule has 154 valence electrons. The van der Waals surface area contributed by atoms with Gasteiger partial charge in [0.15, 0.2) is 11.6 Å². The van der Waals surface area contributed by atoms with Crippen LogP contribution in [0.4, 0.5) is 14.5 Å². The second-order valence-electron chi connectivity index (χ2n) is 7.21. The van der Waals surface area contributed by atoms with Gasteiger partial charge in [-0.15, -0.1) is 0 Å². The van der Waals surface area contributed by atoms with Gasteiger partial charge in [-0.1, -0.05) is 33.2 Å². The standard InChI is InChI=1S/C21H23BrF2N4O/c1-28(2)8-4-7-25-19-12-16-15(11-17(23)20(24)21(16)26-19)18(27-29)10-13-5-3-6-14(22)9-13/h3,5-6,9,11,29H,4,7-8,10,12H2,1-2H3,(H,25,26)/b27-18+. The Morgan fingerprint density at radius 1 is 1.28 bits per heavy atom. The Hall–Kier alpha value is -2.32. The molecule has 0 unspecified atom stereocenters. The molecule has 5 nitrogen and oxygen atoms in total. The van der Waals surface area contributed by atoms with Crippen molar-refractivity contribution in [3.05, 3.63) is 63.1 Å². The Balaban J connectivity index is 1.87. The van der Waals surface area contributed by atoms with Crippen molar-refractivity contribution in [3.63, 3.8) is 0 Å². The Morgan fingerprint density at radius 2 is 2.07 bits per heavy atom. The Kier molecular flexibility index (Phi) is 6.97. The number of nitrogens with zero attached hydrogens (tertiary/aromatic N) is 3. The van der Waals surface area contributed by atoms with Crippen molar-refractivity contribution >= 4 is 33.2 Å². The molecule has 0 aromatic heterocycles. The third-order valence-corrected chi connectivity index (χ3v) is 5.19. The summed E-state index contributed by atoms with van der Waals surface area (Å²) in [5.41, 5.74) is 2.16. The van der Waals surface area contributed by atoms with Crippen molar-refractivity contribution in [2.45, 2.75) is 19.3 Å². The first-order valence-corrected chi connectivity index (χ1v) is 10.1. The minimum atomic E-state index is -0.990. The molecular weight excluding hydrogens is 442 g/mol. The van der Waals surface area contributed by atoms with Crippen LogP contribution in [0.5, 0.6) is 0 Å². The highest BCUT2D eigenvalue weighted by Crippen LogP contribution is 2.33. The number of fused-ring (bicyclic) bond motifs is 1. The molecule has 2 N–H and O–H groups in total. The molecule has 0 radical (unpaired) electrons. The number of oxime groups is 1. The predicted molar refractivity (Wildman–Crippen MR) is 115 cm³/mol. The van der Waals surface area contributed by atoms with E-state index in [0.717, 1.165) is 29.1 Å². The van der Waals surface area contributed by atoms with Gasteiger partial charge in [0.05, 0.1) is 11.4 Å². The summed E-state index contributed by atoms with van der Waals surface area (Å²) in [5.74, 6) is -1.35. The van der Waals surface area contributed by atoms with Gasteiger partial charge in [0.1, 0.15) is 5.84 Å². The van der Waals surface area contributed by atoms with Gasteiger partial charge in [-0.05, 0) is 56.4 Å². The maximum atomic E-state index is 14.4. The molecule has 1 aliphatic heterocycles. The van der Waals surface area contributed by atoms with Crippen molar-refractivity contribution in [1.29, 1.82) is 0 Å². The first-order valence-electron chi connectivity index (χ1n) is 9.30. The number of hydrogen-bond acceptors (Lipinski definition) is 4. The Bertz CT molecular complexity index is 960. The highest BCUT2D eigenvalue weighted by molar-refractivity contribution is 9.10. The lowest BCUT2D eigenvalue weighted by molar-refractivity contribution is 0.318. The maximum Gasteiger partial charge on any atom is 0.182 e. The molecule has 3 rings (SSSR count). The van der Waals surface area contributed by atoms with Gasteiger partial charge in [0.25, 0.3) is 0 Å². The Labute approximate surface area is 177 Å². The SMILES string of the molecule is CN(C)CCCN=C1Cc2c(/C(Cc3cccc(Br)c3)=N/O)cc(F)c(F)c2N1. The highest BCUT2D eigenvalue weighted by Gasteiger charge is 2.28. The summed E-state index contributed by atoms with van der Waals surface area (Å²) in [6, 6.07) is 8.62. The topological polar surface area (TPSA) is 60.2 Å². The average Bonchev–Trinajstić information content (AvgIpc) is 3.11. The van der Waals surface area contributed by atoms with E-state index in [4.69, 9.17) is 0 Å². The van der Waals surface area contributed by atoms with Crippen molar-refractivity contribution in [2.75, 3.05) is 32.5 Å². The summed E-state index contributed by atoms with van der Waals surface area (Å²) >= 11 is 3.41. The van der Waals surface area contributed by atoms with E-state index in [-0.39, 0.29) is 17.8 Å². The molecule has 29 heavy (non-hydrogen) atoms. The van der Waals surface area contributed by atoms with Gasteiger partial charge >= 0.3 is 0 Å². The average molecular weight is 465 g/mol. The third kappa shape index (κ3) is 5.19. The van der Waals surface area contributed by atoms with E-state index in [1.807, 2.05) is 38.4 Å². The number of hydrogen-bond donors (Lipinski definition) is 2. The summed E-state index contributed by atoms with van der Waals surface area (Å²) in [6.45, 7) is 1.48. The van der Waals surface area contributed by atoms with E-state index < -0.39 is 11.6 Å². The molecule has 0 saturated carbocycles. The van der Waals surface area contributed by atoms with Gasteiger partial charge in [0.2, 0.25) is 0 Å². The van der Waals surface area contributed by atoms with Gasteiger partial charge in [-0.2, -0.15) is 0 Å². The van der Waals surface area contributed by atoms with Gasteiger partial charge in [-0.25, -0.2) is 8.78 Å². The monoisotopic (exact) mass is 464 g/mol. The molecule has 0 spiro atoms. The van der Waals surface area contributed by atoms with Crippen LogP contribution in [0.1, 0.15) is 23.1 Å². The van der Waals surface area contributed by atoms with Gasteiger partial charge in [-0.3, -0.25) is 4.99 Å². The van der Waals surface area contributed by atoms with Crippen LogP contribution in [0, 0.1) is 11.6 Å². The molecule has 1 aliphatic rings. The number of amidine groups is 1. The summed E-state index contributed by atoms with van der Waals surface area (Å²) in [7, 11) is 3.98. The van der Waals surface area contributed by atoms with Crippen LogP contribution in [0.3, 0.4) is 0 Å². The molecule has 8 heteroatoms. The lowest BCUT2D eigenvalue weighted by Crippen LogP contribution is -2.15. The van der Waals surface area contributed by atoms with E-state index in [0.29, 0.717) is 29.9 Å². The van der Waals surface area contributed by atoms with Crippen LogP contribution in [0.25, 0.3) is 0 Å². The molecule has 2 aromatic rings. The zero-order chi connectivity index (χ0) is 21.0. The fraction of sp³-hybridized carbons (Fsp3) is 0.333. The molecule has 0 atom stereocenters. The largest absolute Gasteiger partial charge is 0.411 e. The van der Waals surface area contributed by atoms with E-state index in [9.17, 15) is 14.0 Å². The van der Waals surface area contributed by atoms with Crippen LogP contribution in [-0.2, 0) is 12.8 Å². The molecule has 0 aliphatic carbocycles. The van der Waals surface area contributed by atoms with E-state index in [2.05, 4.69) is 36.3 Å². The van der Waals surface area contributed by atoms with Crippen molar-refractivity contribution in [1.82, 2.24) is 4.90 Å². The molecule has 2 aromatic carbocycles. The summed E-state index contributed by atoms with van der Waals surface area (Å²) in [6.07, 6.45) is 1.48. The fourth-order valence-electron chi connectivity index (χ4n) is 3.31. The number of rotatable bonds is 7. The van der Waals surface area contributed by atoms with Gasteiger partial charge < -0.3 is 15.4 Å².